The van der Waals surface area contributed by atoms with Gasteiger partial charge in [0.1, 0.15) is 13.2 Å². The van der Waals surface area contributed by atoms with Gasteiger partial charge in [0.05, 0.1) is 41.7 Å². The number of carbonyl (C=O) groups is 2. The molecule has 0 aliphatic carbocycles. The number of hydrazone groups is 1. The number of aliphatic hydroxyl groups excluding tert-OH is 1. The van der Waals surface area contributed by atoms with Crippen molar-refractivity contribution in [1.29, 1.82) is 0 Å². The molecule has 0 bridgehead atoms. The SMILES string of the molecule is CCOc1cc([C@H]2NC(=O)NC(C)=C2C(=O)OC)ccc1OC[C@@H](O)N/N=C/c1cc(I)c(OCc2cccc3ccccc23)c(OCC)c1. The highest BCUT2D eigenvalue weighted by molar-refractivity contribution is 14.1. The molecule has 5 rings (SSSR count). The molecule has 0 saturated carbocycles. The molecular weight excluding hydrogens is 755 g/mol. The second kappa shape index (κ2) is 17.1. The first-order valence-corrected chi connectivity index (χ1v) is 17.1. The third-order valence-corrected chi connectivity index (χ3v) is 8.49. The minimum Gasteiger partial charge on any atom is -0.490 e. The van der Waals surface area contributed by atoms with Crippen LogP contribution in [0.15, 0.2) is 89.2 Å². The van der Waals surface area contributed by atoms with Gasteiger partial charge in [0.2, 0.25) is 0 Å². The predicted molar refractivity (Wildman–Crippen MR) is 198 cm³/mol. The topological polar surface area (TPSA) is 149 Å². The number of fused-ring (bicyclic) bond motifs is 1. The van der Waals surface area contributed by atoms with Gasteiger partial charge in [-0.1, -0.05) is 48.5 Å². The quantitative estimate of drug-likeness (QED) is 0.0377. The number of carbonyl (C=O) groups excluding carboxylic acids is 2. The number of rotatable bonds is 15. The molecule has 2 amide bonds. The van der Waals surface area contributed by atoms with Crippen LogP contribution in [0.2, 0.25) is 0 Å². The monoisotopic (exact) mass is 794 g/mol. The van der Waals surface area contributed by atoms with E-state index in [4.69, 9.17) is 23.7 Å². The van der Waals surface area contributed by atoms with Crippen molar-refractivity contribution >= 4 is 51.6 Å². The van der Waals surface area contributed by atoms with Gasteiger partial charge in [-0.2, -0.15) is 5.10 Å². The molecule has 262 valence electrons. The lowest BCUT2D eigenvalue weighted by Crippen LogP contribution is -2.45. The first-order valence-electron chi connectivity index (χ1n) is 16.0. The van der Waals surface area contributed by atoms with Gasteiger partial charge in [-0.25, -0.2) is 9.59 Å². The molecule has 0 radical (unpaired) electrons. The molecule has 4 aromatic rings. The molecule has 2 atom stereocenters. The molecule has 4 N–H and O–H groups in total. The number of nitrogens with zero attached hydrogens (tertiary/aromatic N) is 1. The normalized spacial score (nSPS) is 14.9. The maximum Gasteiger partial charge on any atom is 0.337 e. The molecule has 4 aromatic carbocycles. The summed E-state index contributed by atoms with van der Waals surface area (Å²) >= 11 is 2.21. The van der Waals surface area contributed by atoms with Crippen LogP contribution in [0.3, 0.4) is 0 Å². The minimum absolute atomic E-state index is 0.157. The summed E-state index contributed by atoms with van der Waals surface area (Å²) in [5.74, 6) is 1.39. The zero-order valence-electron chi connectivity index (χ0n) is 28.1. The summed E-state index contributed by atoms with van der Waals surface area (Å²) in [5, 5.41) is 22.4. The van der Waals surface area contributed by atoms with Crippen LogP contribution in [0.25, 0.3) is 10.8 Å². The number of hydrogen-bond donors (Lipinski definition) is 4. The number of hydrogen-bond acceptors (Lipinski definition) is 10. The van der Waals surface area contributed by atoms with Crippen LogP contribution in [-0.4, -0.2) is 56.5 Å². The molecule has 0 unspecified atom stereocenters. The molecule has 1 heterocycles. The van der Waals surface area contributed by atoms with Crippen LogP contribution in [0.1, 0.15) is 43.5 Å². The minimum atomic E-state index is -1.16. The van der Waals surface area contributed by atoms with E-state index in [1.54, 1.807) is 31.3 Å². The number of aliphatic hydroxyl groups is 1. The summed E-state index contributed by atoms with van der Waals surface area (Å²) in [7, 11) is 1.28. The third kappa shape index (κ3) is 8.76. The Hall–Kier alpha value is -5.02. The second-order valence-corrected chi connectivity index (χ2v) is 12.3. The number of amides is 2. The highest BCUT2D eigenvalue weighted by atomic mass is 127. The van der Waals surface area contributed by atoms with Crippen LogP contribution in [0.4, 0.5) is 4.79 Å². The number of urea groups is 1. The molecule has 50 heavy (non-hydrogen) atoms. The smallest absolute Gasteiger partial charge is 0.337 e. The number of benzene rings is 4. The van der Waals surface area contributed by atoms with E-state index in [2.05, 4.69) is 68.0 Å². The summed E-state index contributed by atoms with van der Waals surface area (Å²) in [6.45, 7) is 6.37. The summed E-state index contributed by atoms with van der Waals surface area (Å²) in [6, 6.07) is 21.9. The van der Waals surface area contributed by atoms with Crippen LogP contribution < -0.4 is 35.0 Å². The summed E-state index contributed by atoms with van der Waals surface area (Å²) in [6.07, 6.45) is 0.416. The van der Waals surface area contributed by atoms with E-state index in [0.717, 1.165) is 25.5 Å². The highest BCUT2D eigenvalue weighted by Gasteiger charge is 2.32. The Balaban J connectivity index is 1.23. The summed E-state index contributed by atoms with van der Waals surface area (Å²) in [4.78, 5) is 24.7. The van der Waals surface area contributed by atoms with Crippen LogP contribution in [0.5, 0.6) is 23.0 Å². The number of nitrogens with one attached hydrogen (secondary N) is 3. The van der Waals surface area contributed by atoms with Gasteiger partial charge in [-0.05, 0) is 95.1 Å². The van der Waals surface area contributed by atoms with Gasteiger partial charge in [0.25, 0.3) is 0 Å². The fourth-order valence-corrected chi connectivity index (χ4v) is 6.23. The van der Waals surface area contributed by atoms with Gasteiger partial charge in [-0.3, -0.25) is 5.43 Å². The fourth-order valence-electron chi connectivity index (χ4n) is 5.45. The Labute approximate surface area is 303 Å². The van der Waals surface area contributed by atoms with Crippen molar-refractivity contribution in [1.82, 2.24) is 16.1 Å². The lowest BCUT2D eigenvalue weighted by Gasteiger charge is -2.28. The fraction of sp³-hybridized carbons (Fsp3) is 0.270. The number of esters is 1. The van der Waals surface area contributed by atoms with Crippen LogP contribution in [-0.2, 0) is 16.1 Å². The Bertz CT molecular complexity index is 1910. The summed E-state index contributed by atoms with van der Waals surface area (Å²) in [5.41, 5.74) is 5.74. The van der Waals surface area contributed by atoms with Gasteiger partial charge >= 0.3 is 12.0 Å². The molecule has 0 fully saturated rings. The number of allylic oxidation sites excluding steroid dienone is 1. The second-order valence-electron chi connectivity index (χ2n) is 11.1. The number of halogens is 1. The average molecular weight is 795 g/mol. The van der Waals surface area contributed by atoms with Gasteiger partial charge in [-0.15, -0.1) is 0 Å². The molecule has 0 spiro atoms. The Kier molecular flexibility index (Phi) is 12.4. The van der Waals surface area contributed by atoms with E-state index in [1.807, 2.05) is 44.2 Å². The van der Waals surface area contributed by atoms with E-state index >= 15 is 0 Å². The van der Waals surface area contributed by atoms with Crippen molar-refractivity contribution in [3.05, 3.63) is 104 Å². The van der Waals surface area contributed by atoms with E-state index in [-0.39, 0.29) is 12.2 Å². The zero-order chi connectivity index (χ0) is 35.6. The average Bonchev–Trinajstić information content (AvgIpc) is 3.10. The van der Waals surface area contributed by atoms with E-state index in [0.29, 0.717) is 54.1 Å². The maximum atomic E-state index is 12.5. The zero-order valence-corrected chi connectivity index (χ0v) is 30.3. The molecule has 1 aliphatic rings. The maximum absolute atomic E-state index is 12.5. The van der Waals surface area contributed by atoms with Gasteiger partial charge in [0.15, 0.2) is 29.2 Å². The van der Waals surface area contributed by atoms with Crippen molar-refractivity contribution in [2.45, 2.75) is 39.6 Å². The van der Waals surface area contributed by atoms with E-state index < -0.39 is 24.3 Å². The molecular formula is C37H39IN4O8. The standard InChI is InChI=1S/C37H39IN4O8/c1-5-47-30-18-25(34-33(36(44)46-4)22(3)40-37(45)41-34)14-15-29(30)49-21-32(43)42-39-19-23-16-28(38)35(31(17-23)48-6-2)50-20-26-12-9-11-24-10-7-8-13-27(24)26/h7-19,32,34,42-43H,5-6,20-21H2,1-4H3,(H2,40,41,45)/b39-19+/t32-,34-/m1/s1. The first-order chi connectivity index (χ1) is 24.2. The van der Waals surface area contributed by atoms with E-state index in [9.17, 15) is 14.7 Å². The van der Waals surface area contributed by atoms with Gasteiger partial charge in [0, 0.05) is 5.70 Å². The predicted octanol–water partition coefficient (Wildman–Crippen LogP) is 5.94. The molecule has 13 heteroatoms. The largest absolute Gasteiger partial charge is 0.490 e. The molecule has 1 aliphatic heterocycles. The number of ether oxygens (including phenoxy) is 5. The lowest BCUT2D eigenvalue weighted by atomic mass is 9.95. The van der Waals surface area contributed by atoms with Crippen molar-refractivity contribution in [3.8, 4) is 23.0 Å². The summed E-state index contributed by atoms with van der Waals surface area (Å²) < 4.78 is 29.6. The van der Waals surface area contributed by atoms with Crippen molar-refractivity contribution in [2.24, 2.45) is 5.10 Å². The lowest BCUT2D eigenvalue weighted by molar-refractivity contribution is -0.136. The van der Waals surface area contributed by atoms with Crippen molar-refractivity contribution in [3.63, 3.8) is 0 Å². The Morgan fingerprint density at radius 3 is 2.52 bits per heavy atom. The van der Waals surface area contributed by atoms with Crippen molar-refractivity contribution < 1.29 is 38.4 Å². The molecule has 12 nitrogen and oxygen atoms in total. The van der Waals surface area contributed by atoms with Gasteiger partial charge < -0.3 is 39.4 Å². The van der Waals surface area contributed by atoms with Crippen LogP contribution in [0, 0.1) is 3.57 Å². The number of methoxy groups -OCH3 is 1. The Morgan fingerprint density at radius 2 is 1.74 bits per heavy atom. The first kappa shape index (κ1) is 36.3. The Morgan fingerprint density at radius 1 is 0.980 bits per heavy atom. The van der Waals surface area contributed by atoms with Crippen molar-refractivity contribution in [2.75, 3.05) is 26.9 Å². The molecule has 0 saturated heterocycles. The third-order valence-electron chi connectivity index (χ3n) is 7.69. The highest BCUT2D eigenvalue weighted by Crippen LogP contribution is 2.36. The van der Waals surface area contributed by atoms with Crippen LogP contribution >= 0.6 is 22.6 Å². The molecule has 0 aromatic heterocycles. The van der Waals surface area contributed by atoms with E-state index in [1.165, 1.54) is 7.11 Å².